The van der Waals surface area contributed by atoms with Crippen LogP contribution < -0.4 is 10.6 Å². The summed E-state index contributed by atoms with van der Waals surface area (Å²) in [6.45, 7) is 5.99. The van der Waals surface area contributed by atoms with Crippen LogP contribution in [0.1, 0.15) is 18.1 Å². The summed E-state index contributed by atoms with van der Waals surface area (Å²) in [5.41, 5.74) is 8.04. The quantitative estimate of drug-likeness (QED) is 0.815. The number of nitrogens with zero attached hydrogens (tertiary/aromatic N) is 2. The van der Waals surface area contributed by atoms with Crippen molar-refractivity contribution in [3.63, 3.8) is 0 Å². The van der Waals surface area contributed by atoms with Gasteiger partial charge in [-0.1, -0.05) is 0 Å². The molecular weight excluding hydrogens is 230 g/mol. The van der Waals surface area contributed by atoms with E-state index in [1.54, 1.807) is 6.20 Å². The lowest BCUT2D eigenvalue weighted by Crippen LogP contribution is -2.48. The maximum Gasteiger partial charge on any atom is 0.133 e. The van der Waals surface area contributed by atoms with E-state index in [2.05, 4.69) is 9.88 Å². The Hall–Kier alpha value is -1.17. The Morgan fingerprint density at radius 1 is 1.56 bits per heavy atom. The minimum atomic E-state index is -0.151. The van der Waals surface area contributed by atoms with Gasteiger partial charge in [0.25, 0.3) is 0 Å². The van der Waals surface area contributed by atoms with E-state index in [9.17, 15) is 5.11 Å². The summed E-state index contributed by atoms with van der Waals surface area (Å²) in [6, 6.07) is 1.97. The molecule has 0 bridgehead atoms. The fourth-order valence-corrected chi connectivity index (χ4v) is 2.42. The van der Waals surface area contributed by atoms with Gasteiger partial charge >= 0.3 is 0 Å². The Balaban J connectivity index is 2.27. The average Bonchev–Trinajstić information content (AvgIpc) is 2.37. The van der Waals surface area contributed by atoms with Gasteiger partial charge in [0, 0.05) is 31.4 Å². The summed E-state index contributed by atoms with van der Waals surface area (Å²) in [6.07, 6.45) is 1.74. The lowest BCUT2D eigenvalue weighted by Gasteiger charge is -2.37. The van der Waals surface area contributed by atoms with Crippen molar-refractivity contribution >= 4 is 5.82 Å². The predicted octanol–water partition coefficient (Wildman–Crippen LogP) is 0.435. The second kappa shape index (κ2) is 5.65. The van der Waals surface area contributed by atoms with E-state index in [-0.39, 0.29) is 18.8 Å². The van der Waals surface area contributed by atoms with Gasteiger partial charge in [-0.3, -0.25) is 0 Å². The van der Waals surface area contributed by atoms with Crippen molar-refractivity contribution in [2.45, 2.75) is 32.6 Å². The van der Waals surface area contributed by atoms with Gasteiger partial charge in [-0.25, -0.2) is 4.98 Å². The van der Waals surface area contributed by atoms with Crippen LogP contribution in [-0.4, -0.2) is 42.0 Å². The first-order chi connectivity index (χ1) is 8.65. The molecule has 2 rings (SSSR count). The molecule has 0 aromatic carbocycles. The molecule has 2 heterocycles. The number of hydrogen-bond donors (Lipinski definition) is 2. The van der Waals surface area contributed by atoms with Gasteiger partial charge in [0.1, 0.15) is 5.82 Å². The van der Waals surface area contributed by atoms with E-state index in [0.29, 0.717) is 13.1 Å². The SMILES string of the molecule is Cc1ccnc(N2CC(C)OC(CO)C2)c1CN. The van der Waals surface area contributed by atoms with Crippen LogP contribution in [0.3, 0.4) is 0 Å². The molecule has 2 atom stereocenters. The zero-order valence-electron chi connectivity index (χ0n) is 11.0. The number of aliphatic hydroxyl groups excluding tert-OH is 1. The smallest absolute Gasteiger partial charge is 0.133 e. The molecule has 5 nitrogen and oxygen atoms in total. The highest BCUT2D eigenvalue weighted by molar-refractivity contribution is 5.50. The largest absolute Gasteiger partial charge is 0.394 e. The predicted molar refractivity (Wildman–Crippen MR) is 70.5 cm³/mol. The normalized spacial score (nSPS) is 24.3. The lowest BCUT2D eigenvalue weighted by molar-refractivity contribution is -0.0423. The van der Waals surface area contributed by atoms with Crippen LogP contribution in [0.5, 0.6) is 0 Å². The van der Waals surface area contributed by atoms with Gasteiger partial charge in [0.05, 0.1) is 18.8 Å². The summed E-state index contributed by atoms with van der Waals surface area (Å²) >= 11 is 0. The number of ether oxygens (including phenoxy) is 1. The number of aliphatic hydroxyl groups is 1. The topological polar surface area (TPSA) is 71.6 Å². The maximum atomic E-state index is 9.26. The number of anilines is 1. The molecule has 18 heavy (non-hydrogen) atoms. The van der Waals surface area contributed by atoms with Crippen LogP contribution >= 0.6 is 0 Å². The molecule has 3 N–H and O–H groups in total. The van der Waals surface area contributed by atoms with Crippen LogP contribution in [0, 0.1) is 6.92 Å². The second-order valence-corrected chi connectivity index (χ2v) is 4.79. The third-order valence-corrected chi connectivity index (χ3v) is 3.30. The first kappa shape index (κ1) is 13.3. The fourth-order valence-electron chi connectivity index (χ4n) is 2.42. The summed E-state index contributed by atoms with van der Waals surface area (Å²) in [5.74, 6) is 0.922. The third-order valence-electron chi connectivity index (χ3n) is 3.30. The van der Waals surface area contributed by atoms with Gasteiger partial charge in [-0.05, 0) is 25.5 Å². The second-order valence-electron chi connectivity index (χ2n) is 4.79. The minimum Gasteiger partial charge on any atom is -0.394 e. The van der Waals surface area contributed by atoms with Crippen molar-refractivity contribution in [3.05, 3.63) is 23.4 Å². The van der Waals surface area contributed by atoms with Crippen molar-refractivity contribution in [1.29, 1.82) is 0 Å². The lowest BCUT2D eigenvalue weighted by atomic mass is 10.1. The highest BCUT2D eigenvalue weighted by atomic mass is 16.5. The van der Waals surface area contributed by atoms with Crippen molar-refractivity contribution in [3.8, 4) is 0 Å². The third kappa shape index (κ3) is 2.63. The van der Waals surface area contributed by atoms with E-state index in [1.807, 2.05) is 19.9 Å². The van der Waals surface area contributed by atoms with Gasteiger partial charge < -0.3 is 20.5 Å². The molecule has 1 fully saturated rings. The van der Waals surface area contributed by atoms with E-state index in [1.165, 1.54) is 0 Å². The summed E-state index contributed by atoms with van der Waals surface area (Å²) in [7, 11) is 0. The molecule has 5 heteroatoms. The Labute approximate surface area is 108 Å². The first-order valence-corrected chi connectivity index (χ1v) is 6.31. The van der Waals surface area contributed by atoms with Crippen LogP contribution in [0.25, 0.3) is 0 Å². The van der Waals surface area contributed by atoms with Crippen molar-refractivity contribution < 1.29 is 9.84 Å². The van der Waals surface area contributed by atoms with Crippen molar-refractivity contribution in [1.82, 2.24) is 4.98 Å². The zero-order chi connectivity index (χ0) is 13.1. The number of rotatable bonds is 3. The zero-order valence-corrected chi connectivity index (χ0v) is 11.0. The number of aryl methyl sites for hydroxylation is 1. The van der Waals surface area contributed by atoms with E-state index < -0.39 is 0 Å². The minimum absolute atomic E-state index is 0.0324. The Bertz CT molecular complexity index is 411. The van der Waals surface area contributed by atoms with Crippen molar-refractivity contribution in [2.24, 2.45) is 5.73 Å². The Morgan fingerprint density at radius 3 is 3.00 bits per heavy atom. The van der Waals surface area contributed by atoms with E-state index >= 15 is 0 Å². The molecule has 0 saturated carbocycles. The number of nitrogens with two attached hydrogens (primary N) is 1. The molecule has 1 aliphatic rings. The molecule has 0 spiro atoms. The highest BCUT2D eigenvalue weighted by Crippen LogP contribution is 2.24. The molecule has 0 aliphatic carbocycles. The first-order valence-electron chi connectivity index (χ1n) is 6.31. The number of pyridine rings is 1. The van der Waals surface area contributed by atoms with Crippen LogP contribution in [0.15, 0.2) is 12.3 Å². The molecule has 1 aromatic rings. The van der Waals surface area contributed by atoms with E-state index in [0.717, 1.165) is 23.5 Å². The van der Waals surface area contributed by atoms with E-state index in [4.69, 9.17) is 10.5 Å². The van der Waals surface area contributed by atoms with Gasteiger partial charge in [0.15, 0.2) is 0 Å². The van der Waals surface area contributed by atoms with Gasteiger partial charge in [0.2, 0.25) is 0 Å². The Kier molecular flexibility index (Phi) is 4.16. The number of aromatic nitrogens is 1. The van der Waals surface area contributed by atoms with Crippen molar-refractivity contribution in [2.75, 3.05) is 24.6 Å². The molecule has 1 aromatic heterocycles. The van der Waals surface area contributed by atoms with Crippen LogP contribution in [0.4, 0.5) is 5.82 Å². The summed E-state index contributed by atoms with van der Waals surface area (Å²) in [4.78, 5) is 6.60. The highest BCUT2D eigenvalue weighted by Gasteiger charge is 2.26. The number of morpholine rings is 1. The van der Waals surface area contributed by atoms with Crippen LogP contribution in [0.2, 0.25) is 0 Å². The molecule has 1 aliphatic heterocycles. The molecule has 1 saturated heterocycles. The molecule has 0 radical (unpaired) electrons. The average molecular weight is 251 g/mol. The molecule has 2 unspecified atom stereocenters. The molecular formula is C13H21N3O2. The Morgan fingerprint density at radius 2 is 2.33 bits per heavy atom. The van der Waals surface area contributed by atoms with Gasteiger partial charge in [-0.2, -0.15) is 0 Å². The van der Waals surface area contributed by atoms with Crippen LogP contribution in [-0.2, 0) is 11.3 Å². The fraction of sp³-hybridized carbons (Fsp3) is 0.615. The summed E-state index contributed by atoms with van der Waals surface area (Å²) in [5, 5.41) is 9.26. The monoisotopic (exact) mass is 251 g/mol. The molecule has 0 amide bonds. The van der Waals surface area contributed by atoms with Gasteiger partial charge in [-0.15, -0.1) is 0 Å². The number of hydrogen-bond acceptors (Lipinski definition) is 5. The summed E-state index contributed by atoms with van der Waals surface area (Å²) < 4.78 is 5.64. The standard InChI is InChI=1S/C13H21N3O2/c1-9-3-4-15-13(12(9)5-14)16-6-10(2)18-11(7-16)8-17/h3-4,10-11,17H,5-8,14H2,1-2H3. The molecule has 100 valence electrons. The maximum absolute atomic E-state index is 9.26.